The van der Waals surface area contributed by atoms with Crippen molar-refractivity contribution in [3.05, 3.63) is 65.7 Å². The molecular formula is C17H17NO2. The molecule has 20 heavy (non-hydrogen) atoms. The maximum Gasteiger partial charge on any atom is 0.241 e. The minimum absolute atomic E-state index is 0.0268. The number of carbonyl (C=O) groups is 1. The number of β-amino-alcohol motifs (C(OH)–C–C–N with tert-alkyl or cyclic N) is 1. The van der Waals surface area contributed by atoms with Crippen molar-refractivity contribution >= 4 is 11.6 Å². The van der Waals surface area contributed by atoms with Gasteiger partial charge in [-0.25, -0.2) is 0 Å². The summed E-state index contributed by atoms with van der Waals surface area (Å²) in [5, 5.41) is 9.22. The Bertz CT molecular complexity index is 638. The highest BCUT2D eigenvalue weighted by molar-refractivity contribution is 6.10. The summed E-state index contributed by atoms with van der Waals surface area (Å²) in [6.45, 7) is 2.25. The van der Waals surface area contributed by atoms with E-state index in [9.17, 15) is 9.90 Å². The van der Waals surface area contributed by atoms with Gasteiger partial charge in [-0.2, -0.15) is 0 Å². The molecule has 1 amide bonds. The molecule has 0 aliphatic carbocycles. The smallest absolute Gasteiger partial charge is 0.241 e. The van der Waals surface area contributed by atoms with Gasteiger partial charge in [-0.05, 0) is 24.1 Å². The molecule has 3 nitrogen and oxygen atoms in total. The number of benzene rings is 2. The van der Waals surface area contributed by atoms with Crippen molar-refractivity contribution in [1.82, 2.24) is 0 Å². The lowest BCUT2D eigenvalue weighted by Crippen LogP contribution is -2.40. The third kappa shape index (κ3) is 1.67. The molecule has 1 heterocycles. The molecule has 3 heteroatoms. The van der Waals surface area contributed by atoms with Gasteiger partial charge in [0.05, 0.1) is 12.0 Å². The molecular weight excluding hydrogens is 250 g/mol. The fourth-order valence-corrected chi connectivity index (χ4v) is 3.00. The van der Waals surface area contributed by atoms with Gasteiger partial charge in [0.1, 0.15) is 0 Å². The molecule has 2 aromatic carbocycles. The van der Waals surface area contributed by atoms with Gasteiger partial charge in [-0.15, -0.1) is 0 Å². The summed E-state index contributed by atoms with van der Waals surface area (Å²) < 4.78 is 0. The van der Waals surface area contributed by atoms with Crippen molar-refractivity contribution in [2.24, 2.45) is 0 Å². The Hall–Kier alpha value is -2.13. The third-order valence-electron chi connectivity index (χ3n) is 4.08. The van der Waals surface area contributed by atoms with Crippen LogP contribution in [0.4, 0.5) is 5.69 Å². The Kier molecular flexibility index (Phi) is 3.07. The number of amides is 1. The lowest BCUT2D eigenvalue weighted by molar-refractivity contribution is -0.121. The largest absolute Gasteiger partial charge is 0.395 e. The molecule has 1 N–H and O–H groups in total. The SMILES string of the molecule is CC1(c2ccccc2)C(=O)N(CCO)c2ccccc21. The Morgan fingerprint density at radius 2 is 1.70 bits per heavy atom. The van der Waals surface area contributed by atoms with E-state index in [1.807, 2.05) is 61.5 Å². The molecule has 0 saturated carbocycles. The number of aliphatic hydroxyl groups is 1. The van der Waals surface area contributed by atoms with Crippen LogP contribution in [-0.2, 0) is 10.2 Å². The van der Waals surface area contributed by atoms with Crippen LogP contribution >= 0.6 is 0 Å². The van der Waals surface area contributed by atoms with E-state index in [-0.39, 0.29) is 12.5 Å². The zero-order chi connectivity index (χ0) is 14.2. The summed E-state index contributed by atoms with van der Waals surface area (Å²) in [7, 11) is 0. The number of nitrogens with zero attached hydrogens (tertiary/aromatic N) is 1. The van der Waals surface area contributed by atoms with Crippen molar-refractivity contribution < 1.29 is 9.90 Å². The molecule has 0 aromatic heterocycles. The monoisotopic (exact) mass is 267 g/mol. The van der Waals surface area contributed by atoms with Crippen molar-refractivity contribution in [3.63, 3.8) is 0 Å². The van der Waals surface area contributed by atoms with Crippen LogP contribution in [0.15, 0.2) is 54.6 Å². The maximum absolute atomic E-state index is 12.9. The average molecular weight is 267 g/mol. The number of hydrogen-bond donors (Lipinski definition) is 1. The second kappa shape index (κ2) is 4.76. The summed E-state index contributed by atoms with van der Waals surface area (Å²) in [4.78, 5) is 14.6. The van der Waals surface area contributed by atoms with E-state index in [1.54, 1.807) is 4.90 Å². The molecule has 1 aliphatic rings. The van der Waals surface area contributed by atoms with Gasteiger partial charge in [-0.3, -0.25) is 4.79 Å². The van der Waals surface area contributed by atoms with Crippen molar-refractivity contribution in [2.75, 3.05) is 18.1 Å². The summed E-state index contributed by atoms with van der Waals surface area (Å²) in [6, 6.07) is 17.6. The minimum atomic E-state index is -0.674. The highest BCUT2D eigenvalue weighted by Crippen LogP contribution is 2.45. The van der Waals surface area contributed by atoms with Gasteiger partial charge in [0.25, 0.3) is 0 Å². The second-order valence-electron chi connectivity index (χ2n) is 5.19. The Morgan fingerprint density at radius 3 is 2.40 bits per heavy atom. The number of carbonyl (C=O) groups excluding carboxylic acids is 1. The molecule has 1 atom stereocenters. The lowest BCUT2D eigenvalue weighted by Gasteiger charge is -2.24. The van der Waals surface area contributed by atoms with Crippen LogP contribution in [0.5, 0.6) is 0 Å². The summed E-state index contributed by atoms with van der Waals surface area (Å²) in [5.74, 6) is 0.0268. The van der Waals surface area contributed by atoms with Gasteiger partial charge in [0.2, 0.25) is 5.91 Å². The zero-order valence-electron chi connectivity index (χ0n) is 11.4. The van der Waals surface area contributed by atoms with Gasteiger partial charge in [0, 0.05) is 12.2 Å². The van der Waals surface area contributed by atoms with Crippen LogP contribution in [0.2, 0.25) is 0 Å². The quantitative estimate of drug-likeness (QED) is 0.927. The number of hydrogen-bond acceptors (Lipinski definition) is 2. The van der Waals surface area contributed by atoms with Crippen LogP contribution in [0, 0.1) is 0 Å². The van der Waals surface area contributed by atoms with E-state index >= 15 is 0 Å². The summed E-state index contributed by atoms with van der Waals surface area (Å²) >= 11 is 0. The van der Waals surface area contributed by atoms with Gasteiger partial charge >= 0.3 is 0 Å². The van der Waals surface area contributed by atoms with E-state index in [0.29, 0.717) is 6.54 Å². The average Bonchev–Trinajstić information content (AvgIpc) is 2.72. The predicted octanol–water partition coefficient (Wildman–Crippen LogP) is 2.33. The Labute approximate surface area is 118 Å². The van der Waals surface area contributed by atoms with E-state index < -0.39 is 5.41 Å². The molecule has 0 saturated heterocycles. The van der Waals surface area contributed by atoms with E-state index in [4.69, 9.17) is 0 Å². The van der Waals surface area contributed by atoms with Gasteiger partial charge in [-0.1, -0.05) is 48.5 Å². The van der Waals surface area contributed by atoms with Crippen LogP contribution in [-0.4, -0.2) is 24.2 Å². The molecule has 0 bridgehead atoms. The second-order valence-corrected chi connectivity index (χ2v) is 5.19. The van der Waals surface area contributed by atoms with Gasteiger partial charge < -0.3 is 10.0 Å². The van der Waals surface area contributed by atoms with Crippen molar-refractivity contribution in [3.8, 4) is 0 Å². The molecule has 0 spiro atoms. The fraction of sp³-hybridized carbons (Fsp3) is 0.235. The molecule has 1 unspecified atom stereocenters. The van der Waals surface area contributed by atoms with E-state index in [1.165, 1.54) is 0 Å². The molecule has 2 aromatic rings. The number of fused-ring (bicyclic) bond motifs is 1. The molecule has 102 valence electrons. The first kappa shape index (κ1) is 12.9. The van der Waals surface area contributed by atoms with E-state index in [0.717, 1.165) is 16.8 Å². The molecule has 1 aliphatic heterocycles. The van der Waals surface area contributed by atoms with Crippen molar-refractivity contribution in [2.45, 2.75) is 12.3 Å². The number of aliphatic hydroxyl groups excluding tert-OH is 1. The minimum Gasteiger partial charge on any atom is -0.395 e. The topological polar surface area (TPSA) is 40.5 Å². The molecule has 0 fully saturated rings. The standard InChI is InChI=1S/C17H17NO2/c1-17(13-7-3-2-4-8-13)14-9-5-6-10-15(14)18(11-12-19)16(17)20/h2-10,19H,11-12H2,1H3. The highest BCUT2D eigenvalue weighted by atomic mass is 16.3. The normalized spacial score (nSPS) is 21.1. The number of para-hydroxylation sites is 1. The number of anilines is 1. The first-order valence-corrected chi connectivity index (χ1v) is 6.77. The number of rotatable bonds is 3. The summed E-state index contributed by atoms with van der Waals surface area (Å²) in [5.41, 5.74) is 2.22. The third-order valence-corrected chi connectivity index (χ3v) is 4.08. The van der Waals surface area contributed by atoms with Crippen LogP contribution < -0.4 is 4.90 Å². The van der Waals surface area contributed by atoms with Crippen LogP contribution in [0.1, 0.15) is 18.1 Å². The highest BCUT2D eigenvalue weighted by Gasteiger charge is 2.47. The Balaban J connectivity index is 2.20. The van der Waals surface area contributed by atoms with Crippen molar-refractivity contribution in [1.29, 1.82) is 0 Å². The maximum atomic E-state index is 12.9. The first-order valence-electron chi connectivity index (χ1n) is 6.77. The predicted molar refractivity (Wildman–Crippen MR) is 78.8 cm³/mol. The zero-order valence-corrected chi connectivity index (χ0v) is 11.4. The molecule has 0 radical (unpaired) electrons. The fourth-order valence-electron chi connectivity index (χ4n) is 3.00. The summed E-state index contributed by atoms with van der Waals surface area (Å²) in [6.07, 6.45) is 0. The Morgan fingerprint density at radius 1 is 1.05 bits per heavy atom. The van der Waals surface area contributed by atoms with Crippen LogP contribution in [0.25, 0.3) is 0 Å². The first-order chi connectivity index (χ1) is 9.69. The van der Waals surface area contributed by atoms with Crippen LogP contribution in [0.3, 0.4) is 0 Å². The lowest BCUT2D eigenvalue weighted by atomic mass is 9.77. The van der Waals surface area contributed by atoms with Gasteiger partial charge in [0.15, 0.2) is 0 Å². The van der Waals surface area contributed by atoms with E-state index in [2.05, 4.69) is 0 Å². The molecule has 3 rings (SSSR count).